The molecule has 0 saturated carbocycles. The summed E-state index contributed by atoms with van der Waals surface area (Å²) in [4.78, 5) is 11.3. The van der Waals surface area contributed by atoms with Crippen molar-refractivity contribution in [3.05, 3.63) is 12.2 Å². The maximum absolute atomic E-state index is 11.3. The first-order chi connectivity index (χ1) is 8.22. The van der Waals surface area contributed by atoms with Gasteiger partial charge in [0.2, 0.25) is 0 Å². The Balaban J connectivity index is 3.18. The molecule has 0 heterocycles. The van der Waals surface area contributed by atoms with Crippen LogP contribution in [-0.2, 0) is 9.53 Å². The van der Waals surface area contributed by atoms with E-state index in [1.54, 1.807) is 0 Å². The molecule has 100 valence electrons. The van der Waals surface area contributed by atoms with Gasteiger partial charge in [0, 0.05) is 5.57 Å². The van der Waals surface area contributed by atoms with Crippen LogP contribution in [0.2, 0.25) is 0 Å². The molecular formula is C15H28O2. The fourth-order valence-electron chi connectivity index (χ4n) is 1.65. The molecule has 0 saturated heterocycles. The highest BCUT2D eigenvalue weighted by atomic mass is 16.5. The summed E-state index contributed by atoms with van der Waals surface area (Å²) in [5.74, 6) is -0.226. The van der Waals surface area contributed by atoms with Crippen molar-refractivity contribution in [3.63, 3.8) is 0 Å². The highest BCUT2D eigenvalue weighted by Gasteiger charge is 2.04. The summed E-state index contributed by atoms with van der Waals surface area (Å²) in [5.41, 5.74) is 0.574. The highest BCUT2D eigenvalue weighted by molar-refractivity contribution is 5.87. The van der Waals surface area contributed by atoms with Gasteiger partial charge in [0.1, 0.15) is 0 Å². The molecule has 0 aliphatic heterocycles. The summed E-state index contributed by atoms with van der Waals surface area (Å²) in [5, 5.41) is 0. The van der Waals surface area contributed by atoms with Gasteiger partial charge < -0.3 is 4.74 Å². The molecule has 0 N–H and O–H groups in total. The van der Waals surface area contributed by atoms with E-state index < -0.39 is 0 Å². The average molecular weight is 240 g/mol. The number of esters is 1. The highest BCUT2D eigenvalue weighted by Crippen LogP contribution is 2.08. The molecule has 0 spiro atoms. The number of carbonyl (C=O) groups excluding carboxylic acids is 1. The fourth-order valence-corrected chi connectivity index (χ4v) is 1.65. The average Bonchev–Trinajstić information content (AvgIpc) is 2.35. The molecule has 0 rings (SSSR count). The molecule has 0 bridgehead atoms. The van der Waals surface area contributed by atoms with E-state index in [9.17, 15) is 4.79 Å². The topological polar surface area (TPSA) is 26.3 Å². The van der Waals surface area contributed by atoms with Gasteiger partial charge in [-0.05, 0) is 12.8 Å². The van der Waals surface area contributed by atoms with Gasteiger partial charge in [-0.2, -0.15) is 0 Å². The third kappa shape index (κ3) is 10.1. The van der Waals surface area contributed by atoms with E-state index in [-0.39, 0.29) is 5.97 Å². The molecule has 0 aromatic carbocycles. The van der Waals surface area contributed by atoms with Gasteiger partial charge in [-0.1, -0.05) is 65.4 Å². The van der Waals surface area contributed by atoms with Crippen LogP contribution in [0.15, 0.2) is 12.2 Å². The zero-order valence-electron chi connectivity index (χ0n) is 11.6. The Morgan fingerprint density at radius 1 is 0.941 bits per heavy atom. The quantitative estimate of drug-likeness (QED) is 0.299. The minimum atomic E-state index is -0.226. The van der Waals surface area contributed by atoms with Crippen LogP contribution in [0.1, 0.15) is 71.6 Å². The van der Waals surface area contributed by atoms with E-state index in [4.69, 9.17) is 4.74 Å². The van der Waals surface area contributed by atoms with Gasteiger partial charge in [0.25, 0.3) is 0 Å². The van der Waals surface area contributed by atoms with Gasteiger partial charge in [-0.15, -0.1) is 0 Å². The molecule has 0 unspecified atom stereocenters. The van der Waals surface area contributed by atoms with Gasteiger partial charge in [0.05, 0.1) is 6.61 Å². The van der Waals surface area contributed by atoms with Crippen molar-refractivity contribution in [2.45, 2.75) is 71.6 Å². The van der Waals surface area contributed by atoms with Crippen molar-refractivity contribution in [1.29, 1.82) is 0 Å². The predicted octanol–water partition coefficient (Wildman–Crippen LogP) is 4.64. The first-order valence-corrected chi connectivity index (χ1v) is 7.07. The Labute approximate surface area is 106 Å². The molecule has 0 aromatic rings. The maximum atomic E-state index is 11.3. The zero-order valence-corrected chi connectivity index (χ0v) is 11.6. The van der Waals surface area contributed by atoms with Gasteiger partial charge >= 0.3 is 5.97 Å². The van der Waals surface area contributed by atoms with Crippen molar-refractivity contribution in [2.24, 2.45) is 0 Å². The first-order valence-electron chi connectivity index (χ1n) is 7.07. The number of unbranched alkanes of at least 4 members (excludes halogenated alkanes) is 7. The molecule has 17 heavy (non-hydrogen) atoms. The van der Waals surface area contributed by atoms with Gasteiger partial charge in [-0.3, -0.25) is 0 Å². The summed E-state index contributed by atoms with van der Waals surface area (Å²) < 4.78 is 5.10. The Hall–Kier alpha value is -0.790. The van der Waals surface area contributed by atoms with Crippen LogP contribution in [0.4, 0.5) is 0 Å². The van der Waals surface area contributed by atoms with E-state index in [0.717, 1.165) is 12.8 Å². The summed E-state index contributed by atoms with van der Waals surface area (Å²) >= 11 is 0. The lowest BCUT2D eigenvalue weighted by atomic mass is 10.1. The number of ether oxygens (including phenoxy) is 1. The maximum Gasteiger partial charge on any atom is 0.333 e. The molecule has 2 heteroatoms. The van der Waals surface area contributed by atoms with E-state index >= 15 is 0 Å². The molecule has 0 amide bonds. The number of hydrogen-bond acceptors (Lipinski definition) is 2. The van der Waals surface area contributed by atoms with Crippen molar-refractivity contribution in [1.82, 2.24) is 0 Å². The Morgan fingerprint density at radius 2 is 1.47 bits per heavy atom. The lowest BCUT2D eigenvalue weighted by Crippen LogP contribution is -2.07. The standard InChI is InChI=1S/C15H28O2/c1-4-6-7-8-9-10-11-12-13-17-15(16)14(3)5-2/h3-13H2,1-2H3. The third-order valence-corrected chi connectivity index (χ3v) is 2.95. The molecular weight excluding hydrogens is 212 g/mol. The first kappa shape index (κ1) is 16.2. The minimum absolute atomic E-state index is 0.226. The van der Waals surface area contributed by atoms with E-state index in [1.165, 1.54) is 38.5 Å². The molecule has 0 atom stereocenters. The van der Waals surface area contributed by atoms with E-state index in [1.807, 2.05) is 6.92 Å². The van der Waals surface area contributed by atoms with Crippen molar-refractivity contribution >= 4 is 5.97 Å². The molecule has 0 aliphatic rings. The van der Waals surface area contributed by atoms with E-state index in [0.29, 0.717) is 18.6 Å². The fraction of sp³-hybridized carbons (Fsp3) is 0.800. The van der Waals surface area contributed by atoms with Gasteiger partial charge in [-0.25, -0.2) is 4.79 Å². The predicted molar refractivity (Wildman–Crippen MR) is 73.0 cm³/mol. The second-order valence-corrected chi connectivity index (χ2v) is 4.57. The number of rotatable bonds is 11. The van der Waals surface area contributed by atoms with Crippen LogP contribution in [0.5, 0.6) is 0 Å². The van der Waals surface area contributed by atoms with Crippen molar-refractivity contribution in [3.8, 4) is 0 Å². The second kappa shape index (κ2) is 11.7. The molecule has 0 fully saturated rings. The summed E-state index contributed by atoms with van der Waals surface area (Å²) in [6.45, 7) is 8.36. The SMILES string of the molecule is C=C(CC)C(=O)OCCCCCCCCCC. The van der Waals surface area contributed by atoms with Crippen molar-refractivity contribution in [2.75, 3.05) is 6.61 Å². The van der Waals surface area contributed by atoms with Crippen LogP contribution in [0.25, 0.3) is 0 Å². The Bertz CT molecular complexity index is 209. The molecule has 0 aromatic heterocycles. The zero-order chi connectivity index (χ0) is 12.9. The third-order valence-electron chi connectivity index (χ3n) is 2.95. The number of carbonyl (C=O) groups is 1. The lowest BCUT2D eigenvalue weighted by molar-refractivity contribution is -0.139. The minimum Gasteiger partial charge on any atom is -0.462 e. The largest absolute Gasteiger partial charge is 0.462 e. The monoisotopic (exact) mass is 240 g/mol. The van der Waals surface area contributed by atoms with Crippen molar-refractivity contribution < 1.29 is 9.53 Å². The number of hydrogen-bond donors (Lipinski definition) is 0. The smallest absolute Gasteiger partial charge is 0.333 e. The van der Waals surface area contributed by atoms with Crippen LogP contribution in [0, 0.1) is 0 Å². The van der Waals surface area contributed by atoms with Crippen LogP contribution in [-0.4, -0.2) is 12.6 Å². The van der Waals surface area contributed by atoms with Crippen LogP contribution >= 0.6 is 0 Å². The normalized spacial score (nSPS) is 10.2. The second-order valence-electron chi connectivity index (χ2n) is 4.57. The Kier molecular flexibility index (Phi) is 11.1. The lowest BCUT2D eigenvalue weighted by Gasteiger charge is -2.05. The van der Waals surface area contributed by atoms with Gasteiger partial charge in [0.15, 0.2) is 0 Å². The molecule has 0 aliphatic carbocycles. The van der Waals surface area contributed by atoms with E-state index in [2.05, 4.69) is 13.5 Å². The summed E-state index contributed by atoms with van der Waals surface area (Å²) in [6.07, 6.45) is 10.8. The summed E-state index contributed by atoms with van der Waals surface area (Å²) in [6, 6.07) is 0. The van der Waals surface area contributed by atoms with Crippen LogP contribution < -0.4 is 0 Å². The summed E-state index contributed by atoms with van der Waals surface area (Å²) in [7, 11) is 0. The Morgan fingerprint density at radius 3 is 2.00 bits per heavy atom. The molecule has 0 radical (unpaired) electrons. The molecule has 2 nitrogen and oxygen atoms in total. The van der Waals surface area contributed by atoms with Crippen LogP contribution in [0.3, 0.4) is 0 Å².